The molecular weight excluding hydrogens is 290 g/mol. The lowest BCUT2D eigenvalue weighted by molar-refractivity contribution is 0.209. The lowest BCUT2D eigenvalue weighted by atomic mass is 10.1. The van der Waals surface area contributed by atoms with Gasteiger partial charge in [-0.25, -0.2) is 14.8 Å². The third-order valence-corrected chi connectivity index (χ3v) is 3.44. The predicted molar refractivity (Wildman–Crippen MR) is 83.1 cm³/mol. The molecular formula is C13H15N5O2S. The second-order valence-electron chi connectivity index (χ2n) is 4.28. The van der Waals surface area contributed by atoms with Crippen LogP contribution in [0.3, 0.4) is 0 Å². The van der Waals surface area contributed by atoms with Gasteiger partial charge in [0.25, 0.3) is 0 Å². The Bertz CT molecular complexity index is 647. The standard InChI is InChI=1S/C13H15N5O2S/c14-11(15)16-9-4-1-8(2-5-9)3-6-10-7-21-12(17-10)18-13(19)20/h1-2,4-5,7H,3,6H2,(H,17,18)(H,19,20)(H4,14,15,16). The number of nitrogens with two attached hydrogens (primary N) is 2. The molecule has 110 valence electrons. The van der Waals surface area contributed by atoms with Crippen molar-refractivity contribution in [2.75, 3.05) is 5.32 Å². The van der Waals surface area contributed by atoms with Crippen LogP contribution in [0, 0.1) is 0 Å². The van der Waals surface area contributed by atoms with E-state index in [0.717, 1.165) is 24.1 Å². The molecule has 2 rings (SSSR count). The number of nitrogens with zero attached hydrogens (tertiary/aromatic N) is 2. The molecule has 2 aromatic rings. The maximum atomic E-state index is 10.5. The zero-order valence-electron chi connectivity index (χ0n) is 11.1. The maximum Gasteiger partial charge on any atom is 0.410 e. The fraction of sp³-hybridized carbons (Fsp3) is 0.154. The molecule has 0 aliphatic heterocycles. The zero-order valence-corrected chi connectivity index (χ0v) is 11.9. The van der Waals surface area contributed by atoms with Crippen LogP contribution >= 0.6 is 11.3 Å². The lowest BCUT2D eigenvalue weighted by Crippen LogP contribution is -2.21. The van der Waals surface area contributed by atoms with Crippen LogP contribution in [0.25, 0.3) is 0 Å². The highest BCUT2D eigenvalue weighted by Crippen LogP contribution is 2.18. The Hall–Kier alpha value is -2.61. The normalized spacial score (nSPS) is 10.1. The number of rotatable bonds is 5. The van der Waals surface area contributed by atoms with E-state index < -0.39 is 6.09 Å². The van der Waals surface area contributed by atoms with Crippen LogP contribution in [0.4, 0.5) is 15.6 Å². The Morgan fingerprint density at radius 2 is 2.00 bits per heavy atom. The number of nitrogens with one attached hydrogen (secondary N) is 1. The van der Waals surface area contributed by atoms with Crippen LogP contribution in [0.1, 0.15) is 11.3 Å². The van der Waals surface area contributed by atoms with Crippen molar-refractivity contribution < 1.29 is 9.90 Å². The zero-order chi connectivity index (χ0) is 15.2. The van der Waals surface area contributed by atoms with Gasteiger partial charge in [0.2, 0.25) is 0 Å². The first-order valence-corrected chi connectivity index (χ1v) is 7.04. The quantitative estimate of drug-likeness (QED) is 0.496. The van der Waals surface area contributed by atoms with Crippen molar-refractivity contribution in [3.63, 3.8) is 0 Å². The molecule has 0 saturated carbocycles. The van der Waals surface area contributed by atoms with Gasteiger partial charge >= 0.3 is 6.09 Å². The number of aryl methyl sites for hydroxylation is 2. The van der Waals surface area contributed by atoms with Gasteiger partial charge in [-0.05, 0) is 30.5 Å². The third kappa shape index (κ3) is 4.77. The van der Waals surface area contributed by atoms with Crippen molar-refractivity contribution in [3.05, 3.63) is 40.9 Å². The molecule has 1 aromatic heterocycles. The van der Waals surface area contributed by atoms with Crippen molar-refractivity contribution >= 4 is 34.2 Å². The van der Waals surface area contributed by atoms with Gasteiger partial charge in [-0.1, -0.05) is 12.1 Å². The highest BCUT2D eigenvalue weighted by molar-refractivity contribution is 7.13. The lowest BCUT2D eigenvalue weighted by Gasteiger charge is -2.01. The Balaban J connectivity index is 1.92. The van der Waals surface area contributed by atoms with E-state index in [-0.39, 0.29) is 5.96 Å². The van der Waals surface area contributed by atoms with E-state index in [2.05, 4.69) is 15.3 Å². The number of hydrogen-bond donors (Lipinski definition) is 4. The highest BCUT2D eigenvalue weighted by Gasteiger charge is 2.05. The fourth-order valence-corrected chi connectivity index (χ4v) is 2.46. The van der Waals surface area contributed by atoms with Gasteiger partial charge in [-0.3, -0.25) is 5.32 Å². The number of carboxylic acid groups (broad SMARTS) is 1. The smallest absolute Gasteiger partial charge is 0.410 e. The first-order chi connectivity index (χ1) is 10.0. The highest BCUT2D eigenvalue weighted by atomic mass is 32.1. The summed E-state index contributed by atoms with van der Waals surface area (Å²) in [5, 5.41) is 13.1. The van der Waals surface area contributed by atoms with E-state index in [4.69, 9.17) is 16.6 Å². The second kappa shape index (κ2) is 6.71. The van der Waals surface area contributed by atoms with Crippen molar-refractivity contribution in [2.24, 2.45) is 16.5 Å². The van der Waals surface area contributed by atoms with E-state index in [1.807, 2.05) is 29.6 Å². The van der Waals surface area contributed by atoms with Crippen LogP contribution in [0.5, 0.6) is 0 Å². The second-order valence-corrected chi connectivity index (χ2v) is 5.14. The molecule has 1 heterocycles. The molecule has 21 heavy (non-hydrogen) atoms. The molecule has 0 aliphatic rings. The molecule has 8 heteroatoms. The van der Waals surface area contributed by atoms with E-state index in [0.29, 0.717) is 10.8 Å². The van der Waals surface area contributed by atoms with Crippen molar-refractivity contribution in [1.29, 1.82) is 0 Å². The number of hydrogen-bond acceptors (Lipinski definition) is 4. The van der Waals surface area contributed by atoms with Crippen LogP contribution < -0.4 is 16.8 Å². The van der Waals surface area contributed by atoms with Crippen LogP contribution in [-0.4, -0.2) is 22.1 Å². The van der Waals surface area contributed by atoms with Gasteiger partial charge in [-0.15, -0.1) is 11.3 Å². The Kier molecular flexibility index (Phi) is 4.72. The van der Waals surface area contributed by atoms with Gasteiger partial charge in [-0.2, -0.15) is 0 Å². The SMILES string of the molecule is NC(N)=Nc1ccc(CCc2csc(NC(=O)O)n2)cc1. The molecule has 0 spiro atoms. The minimum absolute atomic E-state index is 0.0312. The van der Waals surface area contributed by atoms with Crippen molar-refractivity contribution in [2.45, 2.75) is 12.8 Å². The van der Waals surface area contributed by atoms with Gasteiger partial charge in [0.1, 0.15) is 0 Å². The van der Waals surface area contributed by atoms with Gasteiger partial charge in [0, 0.05) is 5.38 Å². The summed E-state index contributed by atoms with van der Waals surface area (Å²) in [5.74, 6) is 0.0312. The Labute approximate surface area is 125 Å². The van der Waals surface area contributed by atoms with Gasteiger partial charge < -0.3 is 16.6 Å². The van der Waals surface area contributed by atoms with Crippen LogP contribution in [-0.2, 0) is 12.8 Å². The van der Waals surface area contributed by atoms with Crippen LogP contribution in [0.15, 0.2) is 34.6 Å². The van der Waals surface area contributed by atoms with Crippen molar-refractivity contribution in [1.82, 2.24) is 4.98 Å². The molecule has 0 saturated heterocycles. The fourth-order valence-electron chi connectivity index (χ4n) is 1.73. The molecule has 1 amide bonds. The summed E-state index contributed by atoms with van der Waals surface area (Å²) in [7, 11) is 0. The number of benzene rings is 1. The Morgan fingerprint density at radius 1 is 1.29 bits per heavy atom. The summed E-state index contributed by atoms with van der Waals surface area (Å²) in [4.78, 5) is 18.6. The van der Waals surface area contributed by atoms with Crippen molar-refractivity contribution in [3.8, 4) is 0 Å². The molecule has 0 aliphatic carbocycles. The molecule has 0 fully saturated rings. The molecule has 0 bridgehead atoms. The number of aromatic nitrogens is 1. The third-order valence-electron chi connectivity index (χ3n) is 2.63. The monoisotopic (exact) mass is 305 g/mol. The largest absolute Gasteiger partial charge is 0.465 e. The number of anilines is 1. The summed E-state index contributed by atoms with van der Waals surface area (Å²) >= 11 is 1.27. The molecule has 1 aromatic carbocycles. The summed E-state index contributed by atoms with van der Waals surface area (Å²) < 4.78 is 0. The average molecular weight is 305 g/mol. The first-order valence-electron chi connectivity index (χ1n) is 6.16. The van der Waals surface area contributed by atoms with Crippen LogP contribution in [0.2, 0.25) is 0 Å². The number of aliphatic imine (C=N–C) groups is 1. The topological polar surface area (TPSA) is 127 Å². The molecule has 0 atom stereocenters. The molecule has 7 nitrogen and oxygen atoms in total. The average Bonchev–Trinajstić information content (AvgIpc) is 2.84. The predicted octanol–water partition coefficient (Wildman–Crippen LogP) is 1.92. The Morgan fingerprint density at radius 3 is 2.62 bits per heavy atom. The summed E-state index contributed by atoms with van der Waals surface area (Å²) in [6.45, 7) is 0. The first kappa shape index (κ1) is 14.8. The van der Waals surface area contributed by atoms with E-state index in [1.54, 1.807) is 0 Å². The summed E-state index contributed by atoms with van der Waals surface area (Å²) in [5.41, 5.74) is 13.3. The molecule has 6 N–H and O–H groups in total. The summed E-state index contributed by atoms with van der Waals surface area (Å²) in [6.07, 6.45) is 0.434. The van der Waals surface area contributed by atoms with Gasteiger partial charge in [0.05, 0.1) is 11.4 Å². The minimum atomic E-state index is -1.11. The molecule has 0 radical (unpaired) electrons. The molecule has 0 unspecified atom stereocenters. The minimum Gasteiger partial charge on any atom is -0.465 e. The maximum absolute atomic E-state index is 10.5. The van der Waals surface area contributed by atoms with E-state index >= 15 is 0 Å². The summed E-state index contributed by atoms with van der Waals surface area (Å²) in [6, 6.07) is 7.58. The van der Waals surface area contributed by atoms with Gasteiger partial charge in [0.15, 0.2) is 11.1 Å². The number of amides is 1. The van der Waals surface area contributed by atoms with E-state index in [9.17, 15) is 4.79 Å². The van der Waals surface area contributed by atoms with E-state index in [1.165, 1.54) is 11.3 Å². The number of thiazole rings is 1. The number of carbonyl (C=O) groups is 1. The number of guanidine groups is 1.